The summed E-state index contributed by atoms with van der Waals surface area (Å²) in [6.45, 7) is 3.45. The van der Waals surface area contributed by atoms with Gasteiger partial charge in [0.05, 0.1) is 15.9 Å². The van der Waals surface area contributed by atoms with Crippen LogP contribution in [0.5, 0.6) is 0 Å². The SMILES string of the molecule is CCCNc1nnc(SC2CCN(c3cccc([N+](=O)[O-])c3)C2=O)s1. The van der Waals surface area contributed by atoms with Crippen LogP contribution in [0.15, 0.2) is 28.6 Å². The van der Waals surface area contributed by atoms with Gasteiger partial charge in [-0.25, -0.2) is 0 Å². The van der Waals surface area contributed by atoms with Crippen molar-refractivity contribution in [2.75, 3.05) is 23.3 Å². The smallest absolute Gasteiger partial charge is 0.271 e. The number of nitro benzene ring substituents is 1. The number of nitro groups is 1. The second-order valence-corrected chi connectivity index (χ2v) is 7.89. The van der Waals surface area contributed by atoms with E-state index in [9.17, 15) is 14.9 Å². The molecule has 1 atom stereocenters. The Morgan fingerprint density at radius 1 is 1.48 bits per heavy atom. The van der Waals surface area contributed by atoms with E-state index in [1.165, 1.54) is 35.2 Å². The Morgan fingerprint density at radius 3 is 3.08 bits per heavy atom. The molecule has 2 heterocycles. The molecule has 1 aliphatic heterocycles. The molecule has 1 amide bonds. The molecule has 0 aliphatic carbocycles. The molecule has 1 aromatic heterocycles. The summed E-state index contributed by atoms with van der Waals surface area (Å²) in [5.74, 6) is -0.0521. The molecule has 10 heteroatoms. The van der Waals surface area contributed by atoms with Crippen LogP contribution in [0.4, 0.5) is 16.5 Å². The van der Waals surface area contributed by atoms with Crippen molar-refractivity contribution in [3.63, 3.8) is 0 Å². The third-order valence-corrected chi connectivity index (χ3v) is 5.90. The summed E-state index contributed by atoms with van der Waals surface area (Å²) in [6.07, 6.45) is 1.67. The number of nitrogens with one attached hydrogen (secondary N) is 1. The summed E-state index contributed by atoms with van der Waals surface area (Å²) in [5, 5.41) is 22.8. The molecular formula is C15H17N5O3S2. The fourth-order valence-corrected chi connectivity index (χ4v) is 4.54. The van der Waals surface area contributed by atoms with Crippen LogP contribution in [0, 0.1) is 10.1 Å². The minimum Gasteiger partial charge on any atom is -0.360 e. The molecule has 1 saturated heterocycles. The number of non-ortho nitro benzene ring substituents is 1. The molecule has 132 valence electrons. The topological polar surface area (TPSA) is 101 Å². The normalized spacial score (nSPS) is 17.1. The Kier molecular flexibility index (Phi) is 5.49. The maximum absolute atomic E-state index is 12.6. The highest BCUT2D eigenvalue weighted by atomic mass is 32.2. The summed E-state index contributed by atoms with van der Waals surface area (Å²) in [6, 6.07) is 6.17. The van der Waals surface area contributed by atoms with E-state index in [-0.39, 0.29) is 16.8 Å². The third-order valence-electron chi connectivity index (χ3n) is 3.68. The standard InChI is InChI=1S/C15H17N5O3S2/c1-2-7-16-14-17-18-15(25-14)24-12-6-8-19(13(12)21)10-4-3-5-11(9-10)20(22)23/h3-5,9,12H,2,6-8H2,1H3,(H,16,17). The van der Waals surface area contributed by atoms with Crippen LogP contribution in [0.1, 0.15) is 19.8 Å². The molecule has 1 unspecified atom stereocenters. The molecule has 1 N–H and O–H groups in total. The van der Waals surface area contributed by atoms with E-state index < -0.39 is 4.92 Å². The zero-order valence-corrected chi connectivity index (χ0v) is 15.2. The zero-order valence-electron chi connectivity index (χ0n) is 13.5. The highest BCUT2D eigenvalue weighted by Gasteiger charge is 2.34. The van der Waals surface area contributed by atoms with Gasteiger partial charge in [0, 0.05) is 25.2 Å². The largest absolute Gasteiger partial charge is 0.360 e. The van der Waals surface area contributed by atoms with Gasteiger partial charge in [-0.2, -0.15) is 0 Å². The van der Waals surface area contributed by atoms with Crippen molar-refractivity contribution in [3.05, 3.63) is 34.4 Å². The predicted molar refractivity (Wildman–Crippen MR) is 98.4 cm³/mol. The van der Waals surface area contributed by atoms with Gasteiger partial charge in [0.2, 0.25) is 11.0 Å². The number of benzene rings is 1. The monoisotopic (exact) mass is 379 g/mol. The Labute approximate surface area is 152 Å². The lowest BCUT2D eigenvalue weighted by Gasteiger charge is -2.16. The van der Waals surface area contributed by atoms with Crippen molar-refractivity contribution in [1.29, 1.82) is 0 Å². The summed E-state index contributed by atoms with van der Waals surface area (Å²) in [4.78, 5) is 24.7. The molecule has 25 heavy (non-hydrogen) atoms. The molecule has 0 bridgehead atoms. The van der Waals surface area contributed by atoms with Gasteiger partial charge in [0.1, 0.15) is 0 Å². The molecule has 1 fully saturated rings. The number of hydrogen-bond acceptors (Lipinski definition) is 8. The molecule has 1 aromatic carbocycles. The lowest BCUT2D eigenvalue weighted by Crippen LogP contribution is -2.27. The average molecular weight is 379 g/mol. The molecule has 0 radical (unpaired) electrons. The summed E-state index contributed by atoms with van der Waals surface area (Å²) >= 11 is 2.84. The first-order chi connectivity index (χ1) is 12.1. The Bertz CT molecular complexity index is 782. The van der Waals surface area contributed by atoms with Gasteiger partial charge in [-0.1, -0.05) is 36.1 Å². The van der Waals surface area contributed by atoms with Crippen molar-refractivity contribution in [3.8, 4) is 0 Å². The number of carbonyl (C=O) groups is 1. The van der Waals surface area contributed by atoms with Gasteiger partial charge in [-0.3, -0.25) is 14.9 Å². The molecule has 1 aliphatic rings. The van der Waals surface area contributed by atoms with Crippen molar-refractivity contribution in [2.24, 2.45) is 0 Å². The summed E-state index contributed by atoms with van der Waals surface area (Å²) in [7, 11) is 0. The second-order valence-electron chi connectivity index (χ2n) is 5.46. The van der Waals surface area contributed by atoms with Crippen LogP contribution in [0.3, 0.4) is 0 Å². The van der Waals surface area contributed by atoms with E-state index in [2.05, 4.69) is 22.4 Å². The number of anilines is 2. The number of nitrogens with zero attached hydrogens (tertiary/aromatic N) is 4. The molecule has 8 nitrogen and oxygen atoms in total. The van der Waals surface area contributed by atoms with E-state index in [4.69, 9.17) is 0 Å². The van der Waals surface area contributed by atoms with Crippen LogP contribution in [0.2, 0.25) is 0 Å². The van der Waals surface area contributed by atoms with Gasteiger partial charge in [0.15, 0.2) is 4.34 Å². The van der Waals surface area contributed by atoms with Gasteiger partial charge in [0.25, 0.3) is 5.69 Å². The Balaban J connectivity index is 1.66. The zero-order chi connectivity index (χ0) is 17.8. The molecule has 3 rings (SSSR count). The van der Waals surface area contributed by atoms with Gasteiger partial charge >= 0.3 is 0 Å². The average Bonchev–Trinajstić information content (AvgIpc) is 3.21. The predicted octanol–water partition coefficient (Wildman–Crippen LogP) is 3.17. The molecule has 2 aromatic rings. The first-order valence-electron chi connectivity index (χ1n) is 7.88. The van der Waals surface area contributed by atoms with Gasteiger partial charge in [-0.05, 0) is 18.9 Å². The van der Waals surface area contributed by atoms with Crippen LogP contribution in [0.25, 0.3) is 0 Å². The number of rotatable bonds is 7. The van der Waals surface area contributed by atoms with Crippen LogP contribution in [-0.4, -0.2) is 39.4 Å². The molecule has 0 saturated carbocycles. The lowest BCUT2D eigenvalue weighted by molar-refractivity contribution is -0.384. The van der Waals surface area contributed by atoms with E-state index >= 15 is 0 Å². The summed E-state index contributed by atoms with van der Waals surface area (Å²) < 4.78 is 0.748. The minimum absolute atomic E-state index is 0.0165. The first kappa shape index (κ1) is 17.6. The Hall–Kier alpha value is -2.20. The van der Waals surface area contributed by atoms with Gasteiger partial charge in [-0.15, -0.1) is 10.2 Å². The number of hydrogen-bond donors (Lipinski definition) is 1. The number of amides is 1. The van der Waals surface area contributed by atoms with Crippen LogP contribution in [-0.2, 0) is 4.79 Å². The van der Waals surface area contributed by atoms with E-state index in [1.807, 2.05) is 0 Å². The molecular weight excluding hydrogens is 362 g/mol. The lowest BCUT2D eigenvalue weighted by atomic mass is 10.2. The van der Waals surface area contributed by atoms with E-state index in [1.54, 1.807) is 17.0 Å². The number of thioether (sulfide) groups is 1. The fourth-order valence-electron chi connectivity index (χ4n) is 2.48. The number of aromatic nitrogens is 2. The third kappa shape index (κ3) is 4.07. The van der Waals surface area contributed by atoms with Crippen molar-refractivity contribution < 1.29 is 9.72 Å². The molecule has 0 spiro atoms. The van der Waals surface area contributed by atoms with Gasteiger partial charge < -0.3 is 10.2 Å². The minimum atomic E-state index is -0.456. The maximum atomic E-state index is 12.6. The number of carbonyl (C=O) groups excluding carboxylic acids is 1. The highest BCUT2D eigenvalue weighted by Crippen LogP contribution is 2.36. The maximum Gasteiger partial charge on any atom is 0.271 e. The van der Waals surface area contributed by atoms with Crippen molar-refractivity contribution >= 4 is 45.5 Å². The van der Waals surface area contributed by atoms with Crippen molar-refractivity contribution in [2.45, 2.75) is 29.4 Å². The van der Waals surface area contributed by atoms with Crippen LogP contribution < -0.4 is 10.2 Å². The quantitative estimate of drug-likeness (QED) is 0.582. The first-order valence-corrected chi connectivity index (χ1v) is 9.58. The van der Waals surface area contributed by atoms with Crippen molar-refractivity contribution in [1.82, 2.24) is 10.2 Å². The highest BCUT2D eigenvalue weighted by molar-refractivity contribution is 8.02. The van der Waals surface area contributed by atoms with Crippen LogP contribution >= 0.6 is 23.1 Å². The fraction of sp³-hybridized carbons (Fsp3) is 0.400. The summed E-state index contributed by atoms with van der Waals surface area (Å²) in [5.41, 5.74) is 0.544. The Morgan fingerprint density at radius 2 is 2.32 bits per heavy atom. The van der Waals surface area contributed by atoms with E-state index in [0.29, 0.717) is 18.7 Å². The second kappa shape index (κ2) is 7.79. The van der Waals surface area contributed by atoms with E-state index in [0.717, 1.165) is 22.4 Å².